The van der Waals surface area contributed by atoms with Crippen molar-refractivity contribution in [1.29, 1.82) is 0 Å². The monoisotopic (exact) mass is 457 g/mol. The second-order valence-electron chi connectivity index (χ2n) is 7.98. The molecule has 168 valence electrons. The third-order valence-electron chi connectivity index (χ3n) is 5.76. The number of nitrogens with zero attached hydrogens (tertiary/aromatic N) is 3. The molecule has 0 fully saturated rings. The summed E-state index contributed by atoms with van der Waals surface area (Å²) in [6, 6.07) is 17.1. The van der Waals surface area contributed by atoms with Crippen molar-refractivity contribution in [2.24, 2.45) is 0 Å². The van der Waals surface area contributed by atoms with Gasteiger partial charge in [-0.25, -0.2) is 22.7 Å². The van der Waals surface area contributed by atoms with Crippen LogP contribution in [0.1, 0.15) is 21.5 Å². The molecule has 5 aromatic rings. The van der Waals surface area contributed by atoms with E-state index < -0.39 is 11.6 Å². The summed E-state index contributed by atoms with van der Waals surface area (Å²) in [7, 11) is 0. The highest BCUT2D eigenvalue weighted by molar-refractivity contribution is 6.00. The van der Waals surface area contributed by atoms with Gasteiger partial charge in [-0.3, -0.25) is 4.79 Å². The molecule has 2 aromatic heterocycles. The number of fused-ring (bicyclic) bond motifs is 1. The smallest absolute Gasteiger partial charge is 0.168 e. The molecule has 0 aliphatic rings. The quantitative estimate of drug-likeness (QED) is 0.295. The summed E-state index contributed by atoms with van der Waals surface area (Å²) in [6.07, 6.45) is 3.13. The number of imidazole rings is 1. The number of hydrogen-bond donors (Lipinski definition) is 0. The van der Waals surface area contributed by atoms with Crippen LogP contribution in [-0.2, 0) is 6.42 Å². The average Bonchev–Trinajstić information content (AvgIpc) is 3.27. The summed E-state index contributed by atoms with van der Waals surface area (Å²) in [5, 5.41) is 4.28. The summed E-state index contributed by atoms with van der Waals surface area (Å²) >= 11 is 0. The molecule has 0 spiro atoms. The Labute approximate surface area is 193 Å². The van der Waals surface area contributed by atoms with Crippen LogP contribution in [0, 0.1) is 24.4 Å². The van der Waals surface area contributed by atoms with E-state index in [2.05, 4.69) is 10.1 Å². The Morgan fingerprint density at radius 2 is 1.74 bits per heavy atom. The number of aromatic nitrogens is 3. The van der Waals surface area contributed by atoms with Crippen molar-refractivity contribution in [2.45, 2.75) is 13.3 Å². The van der Waals surface area contributed by atoms with Gasteiger partial charge in [0.2, 0.25) is 0 Å². The summed E-state index contributed by atoms with van der Waals surface area (Å²) in [5.74, 6) is -2.37. The van der Waals surface area contributed by atoms with Gasteiger partial charge in [-0.2, -0.15) is 5.10 Å². The number of halogens is 3. The summed E-state index contributed by atoms with van der Waals surface area (Å²) < 4.78 is 42.8. The highest BCUT2D eigenvalue weighted by atomic mass is 19.2. The molecule has 2 heterocycles. The van der Waals surface area contributed by atoms with Gasteiger partial charge in [0.25, 0.3) is 0 Å². The number of Topliss-reactive ketones (excluding diaryl/α,β-unsaturated/α-hetero) is 1. The molecular formula is C27H18F3N3O. The average molecular weight is 457 g/mol. The first-order valence-electron chi connectivity index (χ1n) is 10.6. The molecule has 0 atom stereocenters. The number of rotatable bonds is 5. The van der Waals surface area contributed by atoms with Gasteiger partial charge in [0, 0.05) is 29.3 Å². The summed E-state index contributed by atoms with van der Waals surface area (Å²) in [5.41, 5.74) is 4.31. The fraction of sp³-hybridized carbons (Fsp3) is 0.0741. The molecule has 0 radical (unpaired) electrons. The molecule has 5 rings (SSSR count). The van der Waals surface area contributed by atoms with Crippen LogP contribution in [0.25, 0.3) is 28.0 Å². The van der Waals surface area contributed by atoms with Gasteiger partial charge in [-0.05, 0) is 60.0 Å². The fourth-order valence-corrected chi connectivity index (χ4v) is 3.98. The molecular weight excluding hydrogens is 439 g/mol. The molecule has 34 heavy (non-hydrogen) atoms. The molecule has 0 saturated carbocycles. The number of aryl methyl sites for hydroxylation is 1. The SMILES string of the molecule is Cc1ccc(-c2ccnn3c(-c4cccc(F)c4F)cnc23)cc1C(=O)Cc1ccc(F)cc1. The van der Waals surface area contributed by atoms with Crippen molar-refractivity contribution < 1.29 is 18.0 Å². The van der Waals surface area contributed by atoms with Crippen LogP contribution >= 0.6 is 0 Å². The highest BCUT2D eigenvalue weighted by Crippen LogP contribution is 2.30. The maximum Gasteiger partial charge on any atom is 0.168 e. The van der Waals surface area contributed by atoms with Crippen LogP contribution in [0.4, 0.5) is 13.2 Å². The number of benzene rings is 3. The third-order valence-corrected chi connectivity index (χ3v) is 5.76. The van der Waals surface area contributed by atoms with Crippen molar-refractivity contribution in [3.63, 3.8) is 0 Å². The van der Waals surface area contributed by atoms with Crippen molar-refractivity contribution in [2.75, 3.05) is 0 Å². The van der Waals surface area contributed by atoms with E-state index in [9.17, 15) is 18.0 Å². The van der Waals surface area contributed by atoms with Crippen LogP contribution in [0.5, 0.6) is 0 Å². The van der Waals surface area contributed by atoms with Gasteiger partial charge in [0.05, 0.1) is 11.9 Å². The maximum atomic E-state index is 14.4. The van der Waals surface area contributed by atoms with E-state index in [0.717, 1.165) is 22.8 Å². The van der Waals surface area contributed by atoms with Crippen LogP contribution < -0.4 is 0 Å². The largest absolute Gasteiger partial charge is 0.294 e. The van der Waals surface area contributed by atoms with Crippen molar-refractivity contribution in [1.82, 2.24) is 14.6 Å². The van der Waals surface area contributed by atoms with Crippen molar-refractivity contribution in [3.05, 3.63) is 113 Å². The van der Waals surface area contributed by atoms with E-state index in [1.54, 1.807) is 30.5 Å². The molecule has 0 saturated heterocycles. The summed E-state index contributed by atoms with van der Waals surface area (Å²) in [6.45, 7) is 1.85. The molecule has 0 aliphatic carbocycles. The first-order chi connectivity index (χ1) is 16.4. The van der Waals surface area contributed by atoms with Gasteiger partial charge in [0.1, 0.15) is 5.82 Å². The molecule has 0 unspecified atom stereocenters. The third kappa shape index (κ3) is 3.85. The minimum Gasteiger partial charge on any atom is -0.294 e. The van der Waals surface area contributed by atoms with Crippen LogP contribution in [0.2, 0.25) is 0 Å². The second-order valence-corrected chi connectivity index (χ2v) is 7.98. The van der Waals surface area contributed by atoms with E-state index >= 15 is 0 Å². The lowest BCUT2D eigenvalue weighted by molar-refractivity contribution is 0.0992. The standard InChI is InChI=1S/C27H18F3N3O/c1-16-5-8-18(14-22(16)25(34)13-17-6-9-19(28)10-7-17)20-11-12-32-33-24(15-31-27(20)33)21-3-2-4-23(29)26(21)30/h2-12,14-15H,13H2,1H3. The Hall–Kier alpha value is -4.26. The second kappa shape index (κ2) is 8.59. The van der Waals surface area contributed by atoms with Crippen LogP contribution in [0.3, 0.4) is 0 Å². The number of ketones is 1. The molecule has 0 bridgehead atoms. The number of hydrogen-bond acceptors (Lipinski definition) is 3. The van der Waals surface area contributed by atoms with Gasteiger partial charge in [-0.1, -0.05) is 30.3 Å². The van der Waals surface area contributed by atoms with E-state index in [4.69, 9.17) is 0 Å². The first kappa shape index (κ1) is 21.6. The fourth-order valence-electron chi connectivity index (χ4n) is 3.98. The number of carbonyl (C=O) groups is 1. The Morgan fingerprint density at radius 3 is 2.53 bits per heavy atom. The molecule has 0 amide bonds. The van der Waals surface area contributed by atoms with E-state index in [0.29, 0.717) is 22.5 Å². The molecule has 0 aliphatic heterocycles. The van der Waals surface area contributed by atoms with Crippen LogP contribution in [0.15, 0.2) is 79.1 Å². The Balaban J connectivity index is 1.55. The molecule has 7 heteroatoms. The maximum absolute atomic E-state index is 14.4. The molecule has 3 aromatic carbocycles. The minimum atomic E-state index is -0.972. The highest BCUT2D eigenvalue weighted by Gasteiger charge is 2.18. The lowest BCUT2D eigenvalue weighted by Gasteiger charge is -2.10. The van der Waals surface area contributed by atoms with Gasteiger partial charge < -0.3 is 0 Å². The van der Waals surface area contributed by atoms with Gasteiger partial charge in [-0.15, -0.1) is 0 Å². The van der Waals surface area contributed by atoms with Gasteiger partial charge >= 0.3 is 0 Å². The van der Waals surface area contributed by atoms with E-state index in [1.165, 1.54) is 35.0 Å². The molecule has 0 N–H and O–H groups in total. The Morgan fingerprint density at radius 1 is 0.941 bits per heavy atom. The lowest BCUT2D eigenvalue weighted by Crippen LogP contribution is -2.06. The van der Waals surface area contributed by atoms with E-state index in [-0.39, 0.29) is 23.6 Å². The van der Waals surface area contributed by atoms with Crippen molar-refractivity contribution in [3.8, 4) is 22.4 Å². The predicted molar refractivity (Wildman–Crippen MR) is 123 cm³/mol. The molecule has 4 nitrogen and oxygen atoms in total. The minimum absolute atomic E-state index is 0.0521. The normalized spacial score (nSPS) is 11.2. The Kier molecular flexibility index (Phi) is 5.45. The van der Waals surface area contributed by atoms with Gasteiger partial charge in [0.15, 0.2) is 23.1 Å². The van der Waals surface area contributed by atoms with Crippen LogP contribution in [-0.4, -0.2) is 20.4 Å². The number of carbonyl (C=O) groups excluding carboxylic acids is 1. The summed E-state index contributed by atoms with van der Waals surface area (Å²) in [4.78, 5) is 17.4. The predicted octanol–water partition coefficient (Wildman–Crippen LogP) is 6.21. The zero-order chi connectivity index (χ0) is 23.8. The zero-order valence-corrected chi connectivity index (χ0v) is 18.1. The lowest BCUT2D eigenvalue weighted by atomic mass is 9.95. The zero-order valence-electron chi connectivity index (χ0n) is 18.1. The van der Waals surface area contributed by atoms with E-state index in [1.807, 2.05) is 19.1 Å². The van der Waals surface area contributed by atoms with Crippen molar-refractivity contribution >= 4 is 11.4 Å². The first-order valence-corrected chi connectivity index (χ1v) is 10.6. The topological polar surface area (TPSA) is 47.3 Å². The Bertz CT molecular complexity index is 1540.